The Bertz CT molecular complexity index is 833. The number of hydrogen-bond acceptors (Lipinski definition) is 3. The minimum absolute atomic E-state index is 0.0668. The monoisotopic (exact) mass is 362 g/mol. The molecule has 2 aromatic rings. The summed E-state index contributed by atoms with van der Waals surface area (Å²) in [5.41, 5.74) is 4.98. The molecule has 1 N–H and O–H groups in total. The van der Waals surface area contributed by atoms with Gasteiger partial charge in [0.2, 0.25) is 5.91 Å². The van der Waals surface area contributed by atoms with Crippen molar-refractivity contribution in [3.05, 3.63) is 65.7 Å². The van der Waals surface area contributed by atoms with E-state index in [1.807, 2.05) is 54.6 Å². The molecule has 0 bridgehead atoms. The number of amides is 1. The Morgan fingerprint density at radius 2 is 2.07 bits per heavy atom. The van der Waals surface area contributed by atoms with Gasteiger partial charge in [-0.1, -0.05) is 62.2 Å². The molecule has 0 unspecified atom stereocenters. The first kappa shape index (κ1) is 17.8. The van der Waals surface area contributed by atoms with Crippen LogP contribution in [0.2, 0.25) is 0 Å². The van der Waals surface area contributed by atoms with Gasteiger partial charge in [-0.2, -0.15) is 5.10 Å². The summed E-state index contributed by atoms with van der Waals surface area (Å²) in [5.74, 6) is 1.54. The lowest BCUT2D eigenvalue weighted by molar-refractivity contribution is -0.123. The summed E-state index contributed by atoms with van der Waals surface area (Å²) < 4.78 is 5.84. The molecule has 4 heteroatoms. The Balaban J connectivity index is 1.31. The molecule has 2 saturated carbocycles. The molecule has 2 aliphatic rings. The highest BCUT2D eigenvalue weighted by Gasteiger charge is 2.64. The molecule has 4 rings (SSSR count). The fourth-order valence-corrected chi connectivity index (χ4v) is 4.52. The number of carbonyl (C=O) groups excluding carboxylic acids is 1. The van der Waals surface area contributed by atoms with Crippen LogP contribution in [0.15, 0.2) is 59.7 Å². The number of carbonyl (C=O) groups is 1. The largest absolute Gasteiger partial charge is 0.489 e. The Kier molecular flexibility index (Phi) is 4.97. The summed E-state index contributed by atoms with van der Waals surface area (Å²) in [6.07, 6.45) is 6.53. The van der Waals surface area contributed by atoms with Crippen molar-refractivity contribution in [2.45, 2.75) is 39.2 Å². The third kappa shape index (κ3) is 3.90. The van der Waals surface area contributed by atoms with Crippen LogP contribution < -0.4 is 10.2 Å². The maximum atomic E-state index is 12.4. The van der Waals surface area contributed by atoms with Gasteiger partial charge in [-0.05, 0) is 47.4 Å². The van der Waals surface area contributed by atoms with Gasteiger partial charge >= 0.3 is 0 Å². The quantitative estimate of drug-likeness (QED) is 0.606. The highest BCUT2D eigenvalue weighted by atomic mass is 16.5. The zero-order valence-electron chi connectivity index (χ0n) is 15.7. The summed E-state index contributed by atoms with van der Waals surface area (Å²) in [4.78, 5) is 12.4. The fourth-order valence-electron chi connectivity index (χ4n) is 4.52. The first-order valence-electron chi connectivity index (χ1n) is 9.76. The van der Waals surface area contributed by atoms with E-state index in [1.165, 1.54) is 25.7 Å². The molecule has 27 heavy (non-hydrogen) atoms. The minimum Gasteiger partial charge on any atom is -0.489 e. The van der Waals surface area contributed by atoms with Gasteiger partial charge in [0.1, 0.15) is 12.4 Å². The lowest BCUT2D eigenvalue weighted by Gasteiger charge is -2.15. The summed E-state index contributed by atoms with van der Waals surface area (Å²) in [5, 5.41) is 4.17. The van der Waals surface area contributed by atoms with Gasteiger partial charge in [-0.15, -0.1) is 0 Å². The molecule has 0 aromatic heterocycles. The van der Waals surface area contributed by atoms with Crippen LogP contribution in [0.3, 0.4) is 0 Å². The molecule has 0 radical (unpaired) electrons. The first-order chi connectivity index (χ1) is 13.2. The number of benzene rings is 2. The minimum atomic E-state index is 0.0668. The van der Waals surface area contributed by atoms with Gasteiger partial charge in [0, 0.05) is 5.92 Å². The smallest absolute Gasteiger partial charge is 0.244 e. The van der Waals surface area contributed by atoms with Crippen molar-refractivity contribution in [3.8, 4) is 5.75 Å². The SMILES string of the molecule is C[C@]12CCCC[C@@H]1[C@@H]2C(=O)N/N=C\c1cccc(OCc2ccccc2)c1. The Hall–Kier alpha value is -2.62. The normalized spacial score (nSPS) is 26.4. The summed E-state index contributed by atoms with van der Waals surface area (Å²) in [7, 11) is 0. The van der Waals surface area contributed by atoms with Gasteiger partial charge in [-0.3, -0.25) is 4.79 Å². The lowest BCUT2D eigenvalue weighted by Crippen LogP contribution is -2.22. The summed E-state index contributed by atoms with van der Waals surface area (Å²) in [6, 6.07) is 17.8. The molecule has 1 amide bonds. The van der Waals surface area contributed by atoms with Gasteiger partial charge < -0.3 is 4.74 Å². The molecule has 3 atom stereocenters. The van der Waals surface area contributed by atoms with Gasteiger partial charge in [-0.25, -0.2) is 5.43 Å². The molecule has 2 aliphatic carbocycles. The molecule has 0 spiro atoms. The van der Waals surface area contributed by atoms with E-state index in [2.05, 4.69) is 17.5 Å². The average Bonchev–Trinajstić information content (AvgIpc) is 3.33. The van der Waals surface area contributed by atoms with E-state index in [4.69, 9.17) is 4.74 Å². The lowest BCUT2D eigenvalue weighted by atomic mass is 9.90. The second kappa shape index (κ2) is 7.55. The average molecular weight is 362 g/mol. The highest BCUT2D eigenvalue weighted by molar-refractivity contribution is 5.86. The zero-order chi connectivity index (χ0) is 18.7. The van der Waals surface area contributed by atoms with Crippen molar-refractivity contribution < 1.29 is 9.53 Å². The number of hydrazone groups is 1. The molecule has 2 fully saturated rings. The van der Waals surface area contributed by atoms with Crippen LogP contribution in [0.4, 0.5) is 0 Å². The Morgan fingerprint density at radius 1 is 1.22 bits per heavy atom. The molecule has 0 saturated heterocycles. The third-order valence-electron chi connectivity index (χ3n) is 6.11. The van der Waals surface area contributed by atoms with E-state index in [0.29, 0.717) is 12.5 Å². The van der Waals surface area contributed by atoms with Crippen LogP contribution in [-0.4, -0.2) is 12.1 Å². The Morgan fingerprint density at radius 3 is 2.85 bits per heavy atom. The predicted octanol–water partition coefficient (Wildman–Crippen LogP) is 4.54. The van der Waals surface area contributed by atoms with E-state index in [0.717, 1.165) is 16.9 Å². The van der Waals surface area contributed by atoms with Gasteiger partial charge in [0.05, 0.1) is 6.21 Å². The van der Waals surface area contributed by atoms with Gasteiger partial charge in [0.25, 0.3) is 0 Å². The van der Waals surface area contributed by atoms with E-state index in [9.17, 15) is 4.79 Å². The number of fused-ring (bicyclic) bond motifs is 1. The topological polar surface area (TPSA) is 50.7 Å². The number of rotatable bonds is 6. The second-order valence-corrected chi connectivity index (χ2v) is 7.92. The second-order valence-electron chi connectivity index (χ2n) is 7.92. The number of hydrogen-bond donors (Lipinski definition) is 1. The number of nitrogens with one attached hydrogen (secondary N) is 1. The third-order valence-corrected chi connectivity index (χ3v) is 6.11. The van der Waals surface area contributed by atoms with Crippen LogP contribution in [0.25, 0.3) is 0 Å². The van der Waals surface area contributed by atoms with Crippen LogP contribution in [0, 0.1) is 17.3 Å². The van der Waals surface area contributed by atoms with E-state index in [1.54, 1.807) is 6.21 Å². The van der Waals surface area contributed by atoms with Crippen LogP contribution in [0.5, 0.6) is 5.75 Å². The summed E-state index contributed by atoms with van der Waals surface area (Å²) >= 11 is 0. The zero-order valence-corrected chi connectivity index (χ0v) is 15.7. The van der Waals surface area contributed by atoms with Crippen molar-refractivity contribution in [2.75, 3.05) is 0 Å². The van der Waals surface area contributed by atoms with E-state index < -0.39 is 0 Å². The van der Waals surface area contributed by atoms with Gasteiger partial charge in [0.15, 0.2) is 0 Å². The molecule has 0 aliphatic heterocycles. The van der Waals surface area contributed by atoms with Crippen LogP contribution in [-0.2, 0) is 11.4 Å². The highest BCUT2D eigenvalue weighted by Crippen LogP contribution is 2.66. The first-order valence-corrected chi connectivity index (χ1v) is 9.76. The fraction of sp³-hybridized carbons (Fsp3) is 0.391. The molecular weight excluding hydrogens is 336 g/mol. The predicted molar refractivity (Wildman–Crippen MR) is 107 cm³/mol. The maximum Gasteiger partial charge on any atom is 0.244 e. The standard InChI is InChI=1S/C23H26N2O2/c1-23-13-6-5-12-20(23)21(23)22(26)25-24-15-18-10-7-11-19(14-18)27-16-17-8-3-2-4-9-17/h2-4,7-11,14-15,20-21H,5-6,12-13,16H2,1H3,(H,25,26)/b24-15-/t20-,21-,23+/m1/s1. The van der Waals surface area contributed by atoms with Crippen LogP contribution >= 0.6 is 0 Å². The van der Waals surface area contributed by atoms with E-state index >= 15 is 0 Å². The molecule has 4 nitrogen and oxygen atoms in total. The molecule has 2 aromatic carbocycles. The molecular formula is C23H26N2O2. The number of nitrogens with zero attached hydrogens (tertiary/aromatic N) is 1. The summed E-state index contributed by atoms with van der Waals surface area (Å²) in [6.45, 7) is 2.78. The van der Waals surface area contributed by atoms with Crippen molar-refractivity contribution >= 4 is 12.1 Å². The maximum absolute atomic E-state index is 12.4. The van der Waals surface area contributed by atoms with Crippen molar-refractivity contribution in [1.29, 1.82) is 0 Å². The Labute approximate surface area is 160 Å². The van der Waals surface area contributed by atoms with Crippen molar-refractivity contribution in [2.24, 2.45) is 22.4 Å². The molecule has 0 heterocycles. The van der Waals surface area contributed by atoms with Crippen molar-refractivity contribution in [1.82, 2.24) is 5.43 Å². The van der Waals surface area contributed by atoms with Crippen LogP contribution in [0.1, 0.15) is 43.7 Å². The number of ether oxygens (including phenoxy) is 1. The van der Waals surface area contributed by atoms with Crippen molar-refractivity contribution in [3.63, 3.8) is 0 Å². The van der Waals surface area contributed by atoms with E-state index in [-0.39, 0.29) is 17.2 Å². The molecule has 140 valence electrons.